The van der Waals surface area contributed by atoms with Gasteiger partial charge < -0.3 is 5.32 Å². The third-order valence-electron chi connectivity index (χ3n) is 4.45. The lowest BCUT2D eigenvalue weighted by molar-refractivity contribution is 0.102. The van der Waals surface area contributed by atoms with Gasteiger partial charge in [0.15, 0.2) is 0 Å². The zero-order chi connectivity index (χ0) is 19.6. The molecule has 0 aliphatic heterocycles. The topological polar surface area (TPSA) is 46.9 Å². The molecule has 3 rings (SSSR count). The van der Waals surface area contributed by atoms with Gasteiger partial charge in [-0.15, -0.1) is 11.8 Å². The molecular formula is C21H22ClN3OS. The molecule has 0 spiro atoms. The summed E-state index contributed by atoms with van der Waals surface area (Å²) in [6.07, 6.45) is 1.97. The van der Waals surface area contributed by atoms with Gasteiger partial charge >= 0.3 is 0 Å². The van der Waals surface area contributed by atoms with Crippen LogP contribution in [0.4, 0.5) is 5.69 Å². The van der Waals surface area contributed by atoms with Crippen molar-refractivity contribution in [2.45, 2.75) is 32.2 Å². The summed E-state index contributed by atoms with van der Waals surface area (Å²) in [5.74, 6) is -0.225. The van der Waals surface area contributed by atoms with E-state index in [0.717, 1.165) is 22.0 Å². The normalized spacial score (nSPS) is 10.9. The standard InChI is InChI=1S/C21H22ClN3OS/c1-13-6-5-7-16(10-13)12-25-15(3)20(14(2)24-25)23-21(26)18-11-17(27-4)8-9-19(18)22/h5-11H,12H2,1-4H3,(H,23,26). The van der Waals surface area contributed by atoms with Crippen molar-refractivity contribution in [3.63, 3.8) is 0 Å². The van der Waals surface area contributed by atoms with E-state index in [4.69, 9.17) is 11.6 Å². The first kappa shape index (κ1) is 19.5. The number of amides is 1. The summed E-state index contributed by atoms with van der Waals surface area (Å²) >= 11 is 7.80. The molecule has 0 saturated heterocycles. The van der Waals surface area contributed by atoms with Crippen LogP contribution in [-0.2, 0) is 6.54 Å². The second-order valence-electron chi connectivity index (χ2n) is 6.49. The summed E-state index contributed by atoms with van der Waals surface area (Å²) in [6.45, 7) is 6.59. The fourth-order valence-electron chi connectivity index (χ4n) is 3.00. The van der Waals surface area contributed by atoms with Crippen LogP contribution in [0.2, 0.25) is 5.02 Å². The number of thioether (sulfide) groups is 1. The lowest BCUT2D eigenvalue weighted by atomic mass is 10.1. The van der Waals surface area contributed by atoms with Crippen molar-refractivity contribution in [3.8, 4) is 0 Å². The summed E-state index contributed by atoms with van der Waals surface area (Å²) < 4.78 is 1.92. The molecular weight excluding hydrogens is 378 g/mol. The Hall–Kier alpha value is -2.24. The molecule has 1 aromatic heterocycles. The molecule has 1 amide bonds. The molecule has 3 aromatic rings. The summed E-state index contributed by atoms with van der Waals surface area (Å²) in [7, 11) is 0. The largest absolute Gasteiger partial charge is 0.319 e. The van der Waals surface area contributed by atoms with Gasteiger partial charge in [-0.25, -0.2) is 0 Å². The van der Waals surface area contributed by atoms with Crippen LogP contribution in [0, 0.1) is 20.8 Å². The van der Waals surface area contributed by atoms with Gasteiger partial charge in [0.05, 0.1) is 34.2 Å². The van der Waals surface area contributed by atoms with Gasteiger partial charge in [0, 0.05) is 4.90 Å². The maximum absolute atomic E-state index is 12.8. The molecule has 27 heavy (non-hydrogen) atoms. The van der Waals surface area contributed by atoms with Crippen LogP contribution >= 0.6 is 23.4 Å². The maximum atomic E-state index is 12.8. The zero-order valence-corrected chi connectivity index (χ0v) is 17.4. The molecule has 0 fully saturated rings. The Labute approximate surface area is 168 Å². The highest BCUT2D eigenvalue weighted by Crippen LogP contribution is 2.26. The molecule has 140 valence electrons. The van der Waals surface area contributed by atoms with Crippen LogP contribution in [0.5, 0.6) is 0 Å². The van der Waals surface area contributed by atoms with Crippen LogP contribution in [0.15, 0.2) is 47.4 Å². The van der Waals surface area contributed by atoms with E-state index in [9.17, 15) is 4.79 Å². The van der Waals surface area contributed by atoms with Crippen LogP contribution in [-0.4, -0.2) is 21.9 Å². The Kier molecular flexibility index (Phi) is 5.92. The second-order valence-corrected chi connectivity index (χ2v) is 7.78. The number of rotatable bonds is 5. The van der Waals surface area contributed by atoms with Crippen molar-refractivity contribution >= 4 is 35.0 Å². The second kappa shape index (κ2) is 8.19. The molecule has 0 unspecified atom stereocenters. The van der Waals surface area contributed by atoms with Crippen LogP contribution in [0.3, 0.4) is 0 Å². The quantitative estimate of drug-likeness (QED) is 0.577. The molecule has 2 aromatic carbocycles. The smallest absolute Gasteiger partial charge is 0.257 e. The molecule has 4 nitrogen and oxygen atoms in total. The summed E-state index contributed by atoms with van der Waals surface area (Å²) in [5.41, 5.74) is 5.29. The first-order valence-corrected chi connectivity index (χ1v) is 10.2. The molecule has 0 atom stereocenters. The zero-order valence-electron chi connectivity index (χ0n) is 15.8. The number of nitrogens with one attached hydrogen (secondary N) is 1. The Morgan fingerprint density at radius 2 is 1.96 bits per heavy atom. The van der Waals surface area contributed by atoms with Crippen LogP contribution < -0.4 is 5.32 Å². The highest BCUT2D eigenvalue weighted by Gasteiger charge is 2.17. The van der Waals surface area contributed by atoms with Gasteiger partial charge in [-0.3, -0.25) is 9.48 Å². The maximum Gasteiger partial charge on any atom is 0.257 e. The van der Waals surface area contributed by atoms with Crippen molar-refractivity contribution < 1.29 is 4.79 Å². The van der Waals surface area contributed by atoms with E-state index >= 15 is 0 Å². The number of carbonyl (C=O) groups excluding carboxylic acids is 1. The molecule has 6 heteroatoms. The van der Waals surface area contributed by atoms with Gasteiger partial charge in [-0.05, 0) is 50.8 Å². The van der Waals surface area contributed by atoms with Crippen molar-refractivity contribution in [3.05, 3.63) is 75.6 Å². The van der Waals surface area contributed by atoms with Gasteiger partial charge in [0.2, 0.25) is 0 Å². The number of aryl methyl sites for hydroxylation is 2. The lowest BCUT2D eigenvalue weighted by Crippen LogP contribution is -2.14. The summed E-state index contributed by atoms with van der Waals surface area (Å²) in [6, 6.07) is 13.8. The van der Waals surface area contributed by atoms with Crippen LogP contribution in [0.25, 0.3) is 0 Å². The third-order valence-corrected chi connectivity index (χ3v) is 5.51. The minimum atomic E-state index is -0.225. The molecule has 1 heterocycles. The lowest BCUT2D eigenvalue weighted by Gasteiger charge is -2.09. The van der Waals surface area contributed by atoms with Gasteiger partial charge in [-0.2, -0.15) is 5.10 Å². The van der Waals surface area contributed by atoms with E-state index in [1.807, 2.05) is 43.0 Å². The fraction of sp³-hybridized carbons (Fsp3) is 0.238. The highest BCUT2D eigenvalue weighted by atomic mass is 35.5. The molecule has 0 aliphatic carbocycles. The predicted octanol–water partition coefficient (Wildman–Crippen LogP) is 5.48. The van der Waals surface area contributed by atoms with Crippen molar-refractivity contribution in [2.24, 2.45) is 0 Å². The number of benzene rings is 2. The average Bonchev–Trinajstić information content (AvgIpc) is 2.89. The van der Waals surface area contributed by atoms with Gasteiger partial charge in [0.25, 0.3) is 5.91 Å². The van der Waals surface area contributed by atoms with E-state index in [1.165, 1.54) is 11.1 Å². The van der Waals surface area contributed by atoms with E-state index in [-0.39, 0.29) is 5.91 Å². The number of carbonyl (C=O) groups is 1. The van der Waals surface area contributed by atoms with Crippen molar-refractivity contribution in [1.82, 2.24) is 9.78 Å². The summed E-state index contributed by atoms with van der Waals surface area (Å²) in [5, 5.41) is 8.03. The number of hydrogen-bond donors (Lipinski definition) is 1. The minimum Gasteiger partial charge on any atom is -0.319 e. The predicted molar refractivity (Wildman–Crippen MR) is 113 cm³/mol. The molecule has 0 saturated carbocycles. The molecule has 0 bridgehead atoms. The Balaban J connectivity index is 1.85. The highest BCUT2D eigenvalue weighted by molar-refractivity contribution is 7.98. The van der Waals surface area contributed by atoms with E-state index < -0.39 is 0 Å². The first-order chi connectivity index (χ1) is 12.9. The van der Waals surface area contributed by atoms with E-state index in [0.29, 0.717) is 17.1 Å². The summed E-state index contributed by atoms with van der Waals surface area (Å²) in [4.78, 5) is 13.8. The molecule has 0 radical (unpaired) electrons. The third kappa shape index (κ3) is 4.37. The molecule has 0 aliphatic rings. The minimum absolute atomic E-state index is 0.225. The Bertz CT molecular complexity index is 997. The van der Waals surface area contributed by atoms with E-state index in [1.54, 1.807) is 17.8 Å². The number of nitrogens with zero attached hydrogens (tertiary/aromatic N) is 2. The van der Waals surface area contributed by atoms with Crippen LogP contribution in [0.1, 0.15) is 32.9 Å². The molecule has 1 N–H and O–H groups in total. The Morgan fingerprint density at radius 3 is 2.67 bits per heavy atom. The SMILES string of the molecule is CSc1ccc(Cl)c(C(=O)Nc2c(C)nn(Cc3cccc(C)c3)c2C)c1. The number of aromatic nitrogens is 2. The van der Waals surface area contributed by atoms with Crippen molar-refractivity contribution in [2.75, 3.05) is 11.6 Å². The number of halogens is 1. The van der Waals surface area contributed by atoms with E-state index in [2.05, 4.69) is 35.5 Å². The average molecular weight is 400 g/mol. The first-order valence-electron chi connectivity index (χ1n) is 8.63. The fourth-order valence-corrected chi connectivity index (χ4v) is 3.64. The van der Waals surface area contributed by atoms with Gasteiger partial charge in [-0.1, -0.05) is 41.4 Å². The number of hydrogen-bond acceptors (Lipinski definition) is 3. The van der Waals surface area contributed by atoms with Crippen molar-refractivity contribution in [1.29, 1.82) is 0 Å². The van der Waals surface area contributed by atoms with Gasteiger partial charge in [0.1, 0.15) is 0 Å². The Morgan fingerprint density at radius 1 is 1.19 bits per heavy atom. The number of anilines is 1. The monoisotopic (exact) mass is 399 g/mol.